The highest BCUT2D eigenvalue weighted by Crippen LogP contribution is 2.32. The maximum Gasteiger partial charge on any atom is 0.325 e. The lowest BCUT2D eigenvalue weighted by Crippen LogP contribution is -2.47. The Bertz CT molecular complexity index is 808. The Kier molecular flexibility index (Phi) is 5.02. The van der Waals surface area contributed by atoms with Crippen molar-refractivity contribution < 1.29 is 14.4 Å². The van der Waals surface area contributed by atoms with Gasteiger partial charge in [0.15, 0.2) is 5.54 Å². The van der Waals surface area contributed by atoms with Gasteiger partial charge < -0.3 is 10.6 Å². The SMILES string of the molecule is CCNC(=O)CN1C(=O)NC(Cc2ccccc2)(c2ccccc2)C1=O. The zero-order valence-corrected chi connectivity index (χ0v) is 14.6. The molecule has 1 aliphatic heterocycles. The van der Waals surface area contributed by atoms with E-state index < -0.39 is 17.5 Å². The molecule has 0 aliphatic carbocycles. The van der Waals surface area contributed by atoms with Crippen LogP contribution in [0.2, 0.25) is 0 Å². The quantitative estimate of drug-likeness (QED) is 0.779. The summed E-state index contributed by atoms with van der Waals surface area (Å²) in [7, 11) is 0. The minimum atomic E-state index is -1.22. The van der Waals surface area contributed by atoms with Crippen molar-refractivity contribution in [2.45, 2.75) is 18.9 Å². The third-order valence-corrected chi connectivity index (χ3v) is 4.43. The molecule has 6 nitrogen and oxygen atoms in total. The number of benzene rings is 2. The molecule has 1 aliphatic rings. The van der Waals surface area contributed by atoms with Crippen molar-refractivity contribution in [3.63, 3.8) is 0 Å². The molecular weight excluding hydrogens is 330 g/mol. The van der Waals surface area contributed by atoms with E-state index in [0.29, 0.717) is 18.5 Å². The summed E-state index contributed by atoms with van der Waals surface area (Å²) in [4.78, 5) is 38.7. The van der Waals surface area contributed by atoms with Crippen molar-refractivity contribution >= 4 is 17.8 Å². The molecule has 1 unspecified atom stereocenters. The average Bonchev–Trinajstić information content (AvgIpc) is 2.89. The molecule has 26 heavy (non-hydrogen) atoms. The van der Waals surface area contributed by atoms with Gasteiger partial charge in [-0.25, -0.2) is 4.79 Å². The Labute approximate surface area is 152 Å². The lowest BCUT2D eigenvalue weighted by molar-refractivity contribution is -0.135. The maximum atomic E-state index is 13.2. The number of urea groups is 1. The van der Waals surface area contributed by atoms with Gasteiger partial charge in [0.05, 0.1) is 0 Å². The van der Waals surface area contributed by atoms with Gasteiger partial charge in [-0.15, -0.1) is 0 Å². The molecule has 2 aromatic rings. The number of carbonyl (C=O) groups is 3. The lowest BCUT2D eigenvalue weighted by atomic mass is 9.83. The fourth-order valence-corrected chi connectivity index (χ4v) is 3.21. The topological polar surface area (TPSA) is 78.5 Å². The van der Waals surface area contributed by atoms with Gasteiger partial charge in [-0.05, 0) is 18.1 Å². The van der Waals surface area contributed by atoms with Crippen LogP contribution < -0.4 is 10.6 Å². The minimum absolute atomic E-state index is 0.290. The normalized spacial score (nSPS) is 19.3. The van der Waals surface area contributed by atoms with Crippen molar-refractivity contribution in [1.82, 2.24) is 15.5 Å². The Morgan fingerprint density at radius 1 is 1.04 bits per heavy atom. The van der Waals surface area contributed by atoms with E-state index in [9.17, 15) is 14.4 Å². The van der Waals surface area contributed by atoms with Crippen molar-refractivity contribution in [1.29, 1.82) is 0 Å². The summed E-state index contributed by atoms with van der Waals surface area (Å²) in [6.45, 7) is 1.94. The average molecular weight is 351 g/mol. The molecule has 2 aromatic carbocycles. The number of likely N-dealkylation sites (N-methyl/N-ethyl adjacent to an activating group) is 1. The second-order valence-electron chi connectivity index (χ2n) is 6.21. The molecule has 0 radical (unpaired) electrons. The molecule has 2 N–H and O–H groups in total. The molecule has 1 heterocycles. The van der Waals surface area contributed by atoms with Crippen LogP contribution in [0.4, 0.5) is 4.79 Å². The summed E-state index contributed by atoms with van der Waals surface area (Å²) < 4.78 is 0. The van der Waals surface area contributed by atoms with Crippen LogP contribution in [0.15, 0.2) is 60.7 Å². The van der Waals surface area contributed by atoms with E-state index in [4.69, 9.17) is 0 Å². The molecule has 6 heteroatoms. The molecule has 134 valence electrons. The first-order valence-corrected chi connectivity index (χ1v) is 8.57. The highest BCUT2D eigenvalue weighted by Gasteiger charge is 2.52. The van der Waals surface area contributed by atoms with Gasteiger partial charge >= 0.3 is 6.03 Å². The van der Waals surface area contributed by atoms with Crippen molar-refractivity contribution in [3.8, 4) is 0 Å². The summed E-state index contributed by atoms with van der Waals surface area (Å²) in [5.41, 5.74) is 0.400. The third kappa shape index (κ3) is 3.31. The highest BCUT2D eigenvalue weighted by molar-refractivity contribution is 6.09. The van der Waals surface area contributed by atoms with Crippen LogP contribution in [0.25, 0.3) is 0 Å². The standard InChI is InChI=1S/C20H21N3O3/c1-2-21-17(24)14-23-18(25)20(22-19(23)26,16-11-7-4-8-12-16)13-15-9-5-3-6-10-15/h3-12H,2,13-14H2,1H3,(H,21,24)(H,22,26). The van der Waals surface area contributed by atoms with Gasteiger partial charge in [0.2, 0.25) is 5.91 Å². The largest absolute Gasteiger partial charge is 0.355 e. The monoisotopic (exact) mass is 351 g/mol. The number of nitrogens with one attached hydrogen (secondary N) is 2. The summed E-state index contributed by atoms with van der Waals surface area (Å²) in [6.07, 6.45) is 0.314. The number of imide groups is 1. The zero-order valence-electron chi connectivity index (χ0n) is 14.6. The third-order valence-electron chi connectivity index (χ3n) is 4.43. The second kappa shape index (κ2) is 7.39. The van der Waals surface area contributed by atoms with Crippen LogP contribution in [-0.2, 0) is 21.5 Å². The minimum Gasteiger partial charge on any atom is -0.355 e. The van der Waals surface area contributed by atoms with Crippen LogP contribution in [-0.4, -0.2) is 35.8 Å². The van der Waals surface area contributed by atoms with Crippen LogP contribution in [0, 0.1) is 0 Å². The van der Waals surface area contributed by atoms with Gasteiger partial charge in [-0.1, -0.05) is 60.7 Å². The van der Waals surface area contributed by atoms with E-state index in [1.807, 2.05) is 60.7 Å². The van der Waals surface area contributed by atoms with Gasteiger partial charge in [0, 0.05) is 13.0 Å². The van der Waals surface area contributed by atoms with Crippen LogP contribution >= 0.6 is 0 Å². The Balaban J connectivity index is 1.98. The van der Waals surface area contributed by atoms with E-state index in [1.165, 1.54) is 0 Å². The number of hydrogen-bond acceptors (Lipinski definition) is 3. The van der Waals surface area contributed by atoms with Crippen molar-refractivity contribution in [3.05, 3.63) is 71.8 Å². The Morgan fingerprint density at radius 2 is 1.65 bits per heavy atom. The molecule has 1 saturated heterocycles. The van der Waals surface area contributed by atoms with Crippen molar-refractivity contribution in [2.75, 3.05) is 13.1 Å². The molecule has 0 saturated carbocycles. The van der Waals surface area contributed by atoms with E-state index in [1.54, 1.807) is 6.92 Å². The lowest BCUT2D eigenvalue weighted by Gasteiger charge is -2.27. The predicted octanol–water partition coefficient (Wildman–Crippen LogP) is 1.81. The summed E-state index contributed by atoms with van der Waals surface area (Å²) in [5.74, 6) is -0.775. The molecule has 0 bridgehead atoms. The Morgan fingerprint density at radius 3 is 2.27 bits per heavy atom. The first kappa shape index (κ1) is 17.7. The number of nitrogens with zero attached hydrogens (tertiary/aromatic N) is 1. The predicted molar refractivity (Wildman–Crippen MR) is 97.2 cm³/mol. The summed E-state index contributed by atoms with van der Waals surface area (Å²) in [6, 6.07) is 18.1. The fourth-order valence-electron chi connectivity index (χ4n) is 3.21. The maximum absolute atomic E-state index is 13.2. The first-order valence-electron chi connectivity index (χ1n) is 8.57. The molecule has 1 fully saturated rings. The van der Waals surface area contributed by atoms with E-state index in [0.717, 1.165) is 10.5 Å². The molecule has 1 atom stereocenters. The smallest absolute Gasteiger partial charge is 0.325 e. The highest BCUT2D eigenvalue weighted by atomic mass is 16.2. The van der Waals surface area contributed by atoms with Gasteiger partial charge in [-0.2, -0.15) is 0 Å². The first-order chi connectivity index (χ1) is 12.6. The van der Waals surface area contributed by atoms with Crippen molar-refractivity contribution in [2.24, 2.45) is 0 Å². The summed E-state index contributed by atoms with van der Waals surface area (Å²) >= 11 is 0. The summed E-state index contributed by atoms with van der Waals surface area (Å²) in [5, 5.41) is 5.45. The number of hydrogen-bond donors (Lipinski definition) is 2. The van der Waals surface area contributed by atoms with E-state index in [-0.39, 0.29) is 12.5 Å². The van der Waals surface area contributed by atoms with Gasteiger partial charge in [0.1, 0.15) is 6.54 Å². The van der Waals surface area contributed by atoms with Crippen LogP contribution in [0.3, 0.4) is 0 Å². The fraction of sp³-hybridized carbons (Fsp3) is 0.250. The van der Waals surface area contributed by atoms with Crippen LogP contribution in [0.1, 0.15) is 18.1 Å². The number of carbonyl (C=O) groups excluding carboxylic acids is 3. The molecule has 4 amide bonds. The van der Waals surface area contributed by atoms with E-state index in [2.05, 4.69) is 10.6 Å². The van der Waals surface area contributed by atoms with Gasteiger partial charge in [0.25, 0.3) is 5.91 Å². The molecule has 0 aromatic heterocycles. The molecule has 3 rings (SSSR count). The number of amides is 4. The van der Waals surface area contributed by atoms with Gasteiger partial charge in [-0.3, -0.25) is 14.5 Å². The second-order valence-corrected chi connectivity index (χ2v) is 6.21. The zero-order chi connectivity index (χ0) is 18.6. The molecular formula is C20H21N3O3. The Hall–Kier alpha value is -3.15. The molecule has 0 spiro atoms. The van der Waals surface area contributed by atoms with E-state index >= 15 is 0 Å². The number of rotatable bonds is 6. The van der Waals surface area contributed by atoms with Crippen LogP contribution in [0.5, 0.6) is 0 Å².